The number of aryl methyl sites for hydroxylation is 2. The summed E-state index contributed by atoms with van der Waals surface area (Å²) in [4.78, 5) is 14.0. The smallest absolute Gasteiger partial charge is 0.345 e. The van der Waals surface area contributed by atoms with Gasteiger partial charge in [0.05, 0.1) is 5.56 Å². The van der Waals surface area contributed by atoms with Crippen LogP contribution < -0.4 is 5.56 Å². The van der Waals surface area contributed by atoms with Crippen molar-refractivity contribution in [2.24, 2.45) is 0 Å². The van der Waals surface area contributed by atoms with Gasteiger partial charge in [0, 0.05) is 46.5 Å². The summed E-state index contributed by atoms with van der Waals surface area (Å²) in [6, 6.07) is 3.40. The van der Waals surface area contributed by atoms with Gasteiger partial charge in [0.2, 0.25) is 5.56 Å². The first-order chi connectivity index (χ1) is 12.4. The molecule has 0 unspecified atom stereocenters. The van der Waals surface area contributed by atoms with Crippen molar-refractivity contribution < 1.29 is 26.3 Å². The molecule has 2 heterocycles. The topological polar surface area (TPSA) is 37.8 Å². The number of benzene rings is 1. The third kappa shape index (κ3) is 3.54. The molecule has 9 heteroatoms. The minimum absolute atomic E-state index is 0.0336. The summed E-state index contributed by atoms with van der Waals surface area (Å²) < 4.78 is 79.5. The van der Waals surface area contributed by atoms with Crippen LogP contribution in [0, 0.1) is 13.8 Å². The van der Waals surface area contributed by atoms with Crippen LogP contribution >= 0.6 is 0 Å². The Morgan fingerprint density at radius 3 is 2.30 bits per heavy atom. The van der Waals surface area contributed by atoms with E-state index in [0.717, 1.165) is 0 Å². The van der Waals surface area contributed by atoms with Gasteiger partial charge in [-0.3, -0.25) is 4.79 Å². The average molecular weight is 390 g/mol. The maximum absolute atomic E-state index is 13.5. The fraction of sp³-hybridized carbons (Fsp3) is 0.389. The molecule has 2 aromatic heterocycles. The van der Waals surface area contributed by atoms with E-state index in [4.69, 9.17) is 0 Å². The first kappa shape index (κ1) is 19.3. The Bertz CT molecular complexity index is 1070. The van der Waals surface area contributed by atoms with Crippen LogP contribution in [0.5, 0.6) is 0 Å². The number of rotatable bonds is 3. The number of fused-ring (bicyclic) bond motifs is 3. The summed E-state index contributed by atoms with van der Waals surface area (Å²) in [6.07, 6.45) is -10.2. The third-order valence-corrected chi connectivity index (χ3v) is 4.75. The van der Waals surface area contributed by atoms with Crippen molar-refractivity contribution in [3.8, 4) is 0 Å². The molecule has 0 aliphatic carbocycles. The molecule has 27 heavy (non-hydrogen) atoms. The van der Waals surface area contributed by atoms with Gasteiger partial charge in [0.25, 0.3) is 0 Å². The van der Waals surface area contributed by atoms with Crippen LogP contribution in [0.3, 0.4) is 0 Å². The van der Waals surface area contributed by atoms with E-state index in [2.05, 4.69) is 4.98 Å². The lowest BCUT2D eigenvalue weighted by atomic mass is 10.0. The van der Waals surface area contributed by atoms with Crippen LogP contribution in [0.1, 0.15) is 29.7 Å². The number of aromatic amines is 1. The van der Waals surface area contributed by atoms with Crippen molar-refractivity contribution in [3.05, 3.63) is 45.4 Å². The molecule has 0 atom stereocenters. The number of aromatic nitrogens is 2. The Morgan fingerprint density at radius 1 is 1.04 bits per heavy atom. The standard InChI is InChI=1S/C18H16F6N2O/c1-9-10(2)26(7-3-6-17(19,20)21)13-5-4-12-16(15(9)13)11(18(22,23)24)8-14(27)25-12/h4-5,8H,3,6-7H2,1-2H3,(H,25,27). The lowest BCUT2D eigenvalue weighted by Crippen LogP contribution is -2.14. The molecule has 0 saturated carbocycles. The molecule has 3 aromatic rings. The minimum Gasteiger partial charge on any atom is -0.345 e. The lowest BCUT2D eigenvalue weighted by molar-refractivity contribution is -0.137. The molecular formula is C18H16F6N2O. The molecule has 0 amide bonds. The zero-order valence-electron chi connectivity index (χ0n) is 14.5. The summed E-state index contributed by atoms with van der Waals surface area (Å²) >= 11 is 0. The molecule has 1 aromatic carbocycles. The van der Waals surface area contributed by atoms with E-state index in [9.17, 15) is 31.1 Å². The number of hydrogen-bond donors (Lipinski definition) is 1. The fourth-order valence-electron chi connectivity index (χ4n) is 3.47. The number of halogens is 6. The Labute approximate surface area is 149 Å². The molecule has 0 aliphatic rings. The normalized spacial score (nSPS) is 13.0. The second-order valence-electron chi connectivity index (χ2n) is 6.51. The van der Waals surface area contributed by atoms with Crippen LogP contribution in [0.15, 0.2) is 23.0 Å². The van der Waals surface area contributed by atoms with Crippen LogP contribution in [-0.2, 0) is 12.7 Å². The van der Waals surface area contributed by atoms with Crippen LogP contribution in [-0.4, -0.2) is 15.7 Å². The predicted molar refractivity (Wildman–Crippen MR) is 89.8 cm³/mol. The zero-order chi connectivity index (χ0) is 20.1. The van der Waals surface area contributed by atoms with Gasteiger partial charge in [0.1, 0.15) is 0 Å². The summed E-state index contributed by atoms with van der Waals surface area (Å²) in [7, 11) is 0. The zero-order valence-corrected chi connectivity index (χ0v) is 14.5. The Morgan fingerprint density at radius 2 is 1.70 bits per heavy atom. The Hall–Kier alpha value is -2.45. The molecule has 0 spiro atoms. The van der Waals surface area contributed by atoms with Crippen molar-refractivity contribution in [1.29, 1.82) is 0 Å². The van der Waals surface area contributed by atoms with E-state index in [0.29, 0.717) is 28.2 Å². The first-order valence-electron chi connectivity index (χ1n) is 8.19. The second-order valence-corrected chi connectivity index (χ2v) is 6.51. The largest absolute Gasteiger partial charge is 0.417 e. The maximum atomic E-state index is 13.5. The van der Waals surface area contributed by atoms with Gasteiger partial charge in [0.15, 0.2) is 0 Å². The molecule has 0 saturated heterocycles. The quantitative estimate of drug-likeness (QED) is 0.593. The average Bonchev–Trinajstić information content (AvgIpc) is 2.77. The van der Waals surface area contributed by atoms with Gasteiger partial charge in [-0.15, -0.1) is 0 Å². The fourth-order valence-corrected chi connectivity index (χ4v) is 3.47. The van der Waals surface area contributed by atoms with Crippen molar-refractivity contribution in [1.82, 2.24) is 9.55 Å². The highest BCUT2D eigenvalue weighted by Gasteiger charge is 2.34. The number of pyridine rings is 1. The van der Waals surface area contributed by atoms with Gasteiger partial charge in [-0.2, -0.15) is 26.3 Å². The predicted octanol–water partition coefficient (Wildman–Crippen LogP) is 5.46. The number of hydrogen-bond acceptors (Lipinski definition) is 1. The monoisotopic (exact) mass is 390 g/mol. The Balaban J connectivity index is 2.27. The number of alkyl halides is 6. The van der Waals surface area contributed by atoms with E-state index in [1.807, 2.05) is 0 Å². The van der Waals surface area contributed by atoms with Crippen LogP contribution in [0.25, 0.3) is 21.8 Å². The third-order valence-electron chi connectivity index (χ3n) is 4.75. The van der Waals surface area contributed by atoms with E-state index < -0.39 is 29.9 Å². The summed E-state index contributed by atoms with van der Waals surface area (Å²) in [5.74, 6) is 0. The molecule has 0 radical (unpaired) electrons. The molecule has 3 nitrogen and oxygen atoms in total. The van der Waals surface area contributed by atoms with Crippen molar-refractivity contribution in [3.63, 3.8) is 0 Å². The second kappa shape index (κ2) is 6.31. The SMILES string of the molecule is Cc1c(C)n(CCCC(F)(F)F)c2ccc3[nH]c(=O)cc(C(F)(F)F)c3c12. The van der Waals surface area contributed by atoms with Crippen LogP contribution in [0.2, 0.25) is 0 Å². The van der Waals surface area contributed by atoms with Gasteiger partial charge >= 0.3 is 12.4 Å². The molecule has 0 aliphatic heterocycles. The summed E-state index contributed by atoms with van der Waals surface area (Å²) in [5.41, 5.74) is -0.329. The van der Waals surface area contributed by atoms with E-state index >= 15 is 0 Å². The van der Waals surface area contributed by atoms with Crippen molar-refractivity contribution in [2.75, 3.05) is 0 Å². The number of nitrogens with one attached hydrogen (secondary N) is 1. The van der Waals surface area contributed by atoms with Crippen LogP contribution in [0.4, 0.5) is 26.3 Å². The molecular weight excluding hydrogens is 374 g/mol. The van der Waals surface area contributed by atoms with Gasteiger partial charge in [-0.05, 0) is 38.0 Å². The highest BCUT2D eigenvalue weighted by molar-refractivity contribution is 6.09. The highest BCUT2D eigenvalue weighted by Crippen LogP contribution is 2.39. The molecule has 1 N–H and O–H groups in total. The van der Waals surface area contributed by atoms with Gasteiger partial charge < -0.3 is 9.55 Å². The first-order valence-corrected chi connectivity index (χ1v) is 8.19. The number of H-pyrrole nitrogens is 1. The van der Waals surface area contributed by atoms with Gasteiger partial charge in [-0.25, -0.2) is 0 Å². The minimum atomic E-state index is -4.74. The molecule has 3 rings (SSSR count). The highest BCUT2D eigenvalue weighted by atomic mass is 19.4. The van der Waals surface area contributed by atoms with E-state index in [1.165, 1.54) is 12.1 Å². The Kier molecular flexibility index (Phi) is 4.52. The van der Waals surface area contributed by atoms with E-state index in [1.54, 1.807) is 18.4 Å². The lowest BCUT2D eigenvalue weighted by Gasteiger charge is -2.12. The molecule has 0 bridgehead atoms. The number of nitrogens with zero attached hydrogens (tertiary/aromatic N) is 1. The van der Waals surface area contributed by atoms with Gasteiger partial charge in [-0.1, -0.05) is 0 Å². The molecule has 0 fully saturated rings. The summed E-state index contributed by atoms with van der Waals surface area (Å²) in [6.45, 7) is 3.32. The molecule has 146 valence electrons. The summed E-state index contributed by atoms with van der Waals surface area (Å²) in [5, 5.41) is 0.148. The maximum Gasteiger partial charge on any atom is 0.417 e. The van der Waals surface area contributed by atoms with E-state index in [-0.39, 0.29) is 23.9 Å². The van der Waals surface area contributed by atoms with Crippen molar-refractivity contribution in [2.45, 2.75) is 45.6 Å². The van der Waals surface area contributed by atoms with Crippen molar-refractivity contribution >= 4 is 21.8 Å².